The lowest BCUT2D eigenvalue weighted by Crippen LogP contribution is -2.34. The molecule has 0 bridgehead atoms. The van der Waals surface area contributed by atoms with Crippen LogP contribution in [-0.2, 0) is 4.79 Å². The van der Waals surface area contributed by atoms with Crippen LogP contribution in [0.3, 0.4) is 0 Å². The molecule has 8 heteroatoms. The molecule has 7 nitrogen and oxygen atoms in total. The number of aromatic amines is 1. The molecule has 108 valence electrons. The number of aromatic nitrogens is 2. The van der Waals surface area contributed by atoms with E-state index in [-0.39, 0.29) is 11.3 Å². The van der Waals surface area contributed by atoms with E-state index in [1.807, 2.05) is 5.32 Å². The van der Waals surface area contributed by atoms with Gasteiger partial charge in [-0.15, -0.1) is 0 Å². The molecule has 0 aliphatic rings. The van der Waals surface area contributed by atoms with Crippen LogP contribution in [0.25, 0.3) is 11.3 Å². The average Bonchev–Trinajstić information content (AvgIpc) is 2.46. The van der Waals surface area contributed by atoms with Crippen LogP contribution < -0.4 is 10.9 Å². The first-order valence-electron chi connectivity index (χ1n) is 5.83. The fraction of sp³-hybridized carbons (Fsp3) is 0.0769. The summed E-state index contributed by atoms with van der Waals surface area (Å²) in [5.41, 5.74) is -1.15. The minimum Gasteiger partial charge on any atom is -0.480 e. The van der Waals surface area contributed by atoms with Gasteiger partial charge in [0.25, 0.3) is 11.5 Å². The van der Waals surface area contributed by atoms with Gasteiger partial charge in [0, 0.05) is 11.8 Å². The van der Waals surface area contributed by atoms with Crippen LogP contribution in [0.1, 0.15) is 10.5 Å². The van der Waals surface area contributed by atoms with Gasteiger partial charge in [-0.25, -0.2) is 9.37 Å². The van der Waals surface area contributed by atoms with Crippen molar-refractivity contribution in [2.75, 3.05) is 6.54 Å². The number of aliphatic carboxylic acids is 1. The molecule has 3 N–H and O–H groups in total. The van der Waals surface area contributed by atoms with Crippen LogP contribution in [0.2, 0.25) is 0 Å². The number of halogens is 1. The van der Waals surface area contributed by atoms with Crippen molar-refractivity contribution in [3.63, 3.8) is 0 Å². The summed E-state index contributed by atoms with van der Waals surface area (Å²) in [6, 6.07) is 5.72. The molecule has 0 unspecified atom stereocenters. The summed E-state index contributed by atoms with van der Waals surface area (Å²) in [5.74, 6) is -2.77. The molecule has 0 saturated heterocycles. The molecule has 0 aliphatic heterocycles. The highest BCUT2D eigenvalue weighted by atomic mass is 19.1. The number of carbonyl (C=O) groups is 2. The Kier molecular flexibility index (Phi) is 4.07. The Morgan fingerprint density at radius 3 is 2.71 bits per heavy atom. The number of carbonyl (C=O) groups excluding carboxylic acids is 1. The molecule has 1 aromatic carbocycles. The number of benzene rings is 1. The van der Waals surface area contributed by atoms with Crippen molar-refractivity contribution in [1.29, 1.82) is 0 Å². The normalized spacial score (nSPS) is 10.1. The first-order chi connectivity index (χ1) is 9.99. The summed E-state index contributed by atoms with van der Waals surface area (Å²) in [6.45, 7) is -0.649. The second-order valence-electron chi connectivity index (χ2n) is 4.02. The summed E-state index contributed by atoms with van der Waals surface area (Å²) in [4.78, 5) is 39.7. The van der Waals surface area contributed by atoms with E-state index in [4.69, 9.17) is 5.11 Å². The van der Waals surface area contributed by atoms with Gasteiger partial charge in [0.05, 0.1) is 5.69 Å². The molecule has 0 radical (unpaired) electrons. The van der Waals surface area contributed by atoms with Crippen LogP contribution in [0.5, 0.6) is 0 Å². The van der Waals surface area contributed by atoms with Crippen molar-refractivity contribution >= 4 is 11.9 Å². The molecule has 2 aromatic rings. The highest BCUT2D eigenvalue weighted by Crippen LogP contribution is 2.18. The summed E-state index contributed by atoms with van der Waals surface area (Å²) >= 11 is 0. The monoisotopic (exact) mass is 291 g/mol. The van der Waals surface area contributed by atoms with E-state index < -0.39 is 35.5 Å². The number of hydrogen-bond acceptors (Lipinski definition) is 4. The van der Waals surface area contributed by atoms with Crippen LogP contribution in [-0.4, -0.2) is 33.5 Å². The SMILES string of the molecule is O=C(O)CNC(=O)c1nc(-c2ccccc2F)c[nH]c1=O. The van der Waals surface area contributed by atoms with E-state index in [9.17, 15) is 18.8 Å². The average molecular weight is 291 g/mol. The summed E-state index contributed by atoms with van der Waals surface area (Å²) < 4.78 is 13.7. The van der Waals surface area contributed by atoms with Gasteiger partial charge in [-0.3, -0.25) is 14.4 Å². The van der Waals surface area contributed by atoms with Gasteiger partial charge in [0.2, 0.25) is 0 Å². The van der Waals surface area contributed by atoms with Gasteiger partial charge in [0.1, 0.15) is 12.4 Å². The van der Waals surface area contributed by atoms with Crippen molar-refractivity contribution in [2.24, 2.45) is 0 Å². The highest BCUT2D eigenvalue weighted by molar-refractivity contribution is 5.94. The predicted octanol–water partition coefficient (Wildman–Crippen LogP) is 0.390. The minimum absolute atomic E-state index is 0.0631. The van der Waals surface area contributed by atoms with E-state index in [1.165, 1.54) is 24.4 Å². The molecule has 0 spiro atoms. The smallest absolute Gasteiger partial charge is 0.322 e. The fourth-order valence-electron chi connectivity index (χ4n) is 1.61. The third kappa shape index (κ3) is 3.30. The number of carboxylic acid groups (broad SMARTS) is 1. The van der Waals surface area contributed by atoms with E-state index in [2.05, 4.69) is 9.97 Å². The van der Waals surface area contributed by atoms with Gasteiger partial charge in [-0.05, 0) is 12.1 Å². The molecule has 0 saturated carbocycles. The Morgan fingerprint density at radius 1 is 1.33 bits per heavy atom. The highest BCUT2D eigenvalue weighted by Gasteiger charge is 2.16. The molecule has 0 atom stereocenters. The maximum Gasteiger partial charge on any atom is 0.322 e. The van der Waals surface area contributed by atoms with Crippen molar-refractivity contribution in [3.05, 3.63) is 52.3 Å². The molecule has 1 aromatic heterocycles. The Balaban J connectivity index is 2.38. The summed E-state index contributed by atoms with van der Waals surface area (Å²) in [6.07, 6.45) is 1.18. The lowest BCUT2D eigenvalue weighted by atomic mass is 10.1. The number of amides is 1. The second-order valence-corrected chi connectivity index (χ2v) is 4.02. The van der Waals surface area contributed by atoms with E-state index in [1.54, 1.807) is 6.07 Å². The van der Waals surface area contributed by atoms with Gasteiger partial charge < -0.3 is 15.4 Å². The lowest BCUT2D eigenvalue weighted by molar-refractivity contribution is -0.135. The van der Waals surface area contributed by atoms with Gasteiger partial charge >= 0.3 is 5.97 Å². The quantitative estimate of drug-likeness (QED) is 0.754. The van der Waals surface area contributed by atoms with Crippen molar-refractivity contribution in [3.8, 4) is 11.3 Å². The predicted molar refractivity (Wildman–Crippen MR) is 70.2 cm³/mol. The third-order valence-corrected chi connectivity index (χ3v) is 2.55. The van der Waals surface area contributed by atoms with Gasteiger partial charge in [0.15, 0.2) is 5.69 Å². The van der Waals surface area contributed by atoms with Crippen LogP contribution in [0, 0.1) is 5.82 Å². The number of carboxylic acids is 1. The molecular formula is C13H10FN3O4. The molecule has 0 aliphatic carbocycles. The number of nitrogens with one attached hydrogen (secondary N) is 2. The van der Waals surface area contributed by atoms with Crippen LogP contribution in [0.15, 0.2) is 35.3 Å². The zero-order valence-electron chi connectivity index (χ0n) is 10.6. The summed E-state index contributed by atoms with van der Waals surface area (Å²) in [7, 11) is 0. The van der Waals surface area contributed by atoms with E-state index >= 15 is 0 Å². The number of hydrogen-bond donors (Lipinski definition) is 3. The third-order valence-electron chi connectivity index (χ3n) is 2.55. The number of H-pyrrole nitrogens is 1. The summed E-state index contributed by atoms with van der Waals surface area (Å²) in [5, 5.41) is 10.5. The Hall–Kier alpha value is -3.03. The molecule has 1 amide bonds. The lowest BCUT2D eigenvalue weighted by Gasteiger charge is -2.05. The molecular weight excluding hydrogens is 281 g/mol. The molecule has 0 fully saturated rings. The van der Waals surface area contributed by atoms with Gasteiger partial charge in [-0.1, -0.05) is 12.1 Å². The second kappa shape index (κ2) is 5.95. The van der Waals surface area contributed by atoms with Crippen molar-refractivity contribution in [1.82, 2.24) is 15.3 Å². The van der Waals surface area contributed by atoms with Crippen molar-refractivity contribution < 1.29 is 19.1 Å². The van der Waals surface area contributed by atoms with Crippen LogP contribution in [0.4, 0.5) is 4.39 Å². The van der Waals surface area contributed by atoms with E-state index in [0.717, 1.165) is 0 Å². The maximum absolute atomic E-state index is 13.7. The van der Waals surface area contributed by atoms with Crippen LogP contribution >= 0.6 is 0 Å². The largest absolute Gasteiger partial charge is 0.480 e. The standard InChI is InChI=1S/C13H10FN3O4/c14-8-4-2-1-3-7(8)9-5-15-12(20)11(17-9)13(21)16-6-10(18)19/h1-5H,6H2,(H,15,20)(H,16,21)(H,18,19). The molecule has 1 heterocycles. The first-order valence-corrected chi connectivity index (χ1v) is 5.83. The molecule has 21 heavy (non-hydrogen) atoms. The topological polar surface area (TPSA) is 112 Å². The zero-order valence-corrected chi connectivity index (χ0v) is 10.6. The Bertz CT molecular complexity index is 757. The fourth-order valence-corrected chi connectivity index (χ4v) is 1.61. The maximum atomic E-state index is 13.7. The Morgan fingerprint density at radius 2 is 2.05 bits per heavy atom. The number of rotatable bonds is 4. The first kappa shape index (κ1) is 14.4. The minimum atomic E-state index is -1.26. The Labute approximate surface area is 117 Å². The van der Waals surface area contributed by atoms with Crippen molar-refractivity contribution in [2.45, 2.75) is 0 Å². The zero-order chi connectivity index (χ0) is 15.4. The molecule has 2 rings (SSSR count). The van der Waals surface area contributed by atoms with E-state index in [0.29, 0.717) is 0 Å². The van der Waals surface area contributed by atoms with Gasteiger partial charge in [-0.2, -0.15) is 0 Å². The number of nitrogens with zero attached hydrogens (tertiary/aromatic N) is 1.